The Hall–Kier alpha value is -2.87. The first-order valence-electron chi connectivity index (χ1n) is 10.1. The van der Waals surface area contributed by atoms with Crippen LogP contribution in [0.25, 0.3) is 0 Å². The Morgan fingerprint density at radius 2 is 1.84 bits per heavy atom. The Morgan fingerprint density at radius 1 is 1.13 bits per heavy atom. The average molecular weight is 489 g/mol. The van der Waals surface area contributed by atoms with Crippen molar-refractivity contribution in [2.45, 2.75) is 27.2 Å². The number of nitrogens with one attached hydrogen (secondary N) is 1. The second-order valence-electron chi connectivity index (χ2n) is 7.33. The summed E-state index contributed by atoms with van der Waals surface area (Å²) in [5.74, 6) is -1.03. The molecule has 0 spiro atoms. The monoisotopic (exact) mass is 488 g/mol. The number of hydrogen-bond acceptors (Lipinski definition) is 5. The van der Waals surface area contributed by atoms with Gasteiger partial charge >= 0.3 is 5.97 Å². The standard InChI is InChI=1S/C23H25BrN2O5/c1-4-30-18-7-5-17(6-8-18)26-12-16(11-22(26)28)23(29)31-13-21(27)25-20-10-9-19(24)14(2)15(20)3/h5-10,16H,4,11-13H2,1-3H3,(H,25,27)/t16-/m1/s1. The molecular weight excluding hydrogens is 464 g/mol. The van der Waals surface area contributed by atoms with Gasteiger partial charge in [-0.2, -0.15) is 0 Å². The van der Waals surface area contributed by atoms with Crippen LogP contribution in [0.2, 0.25) is 0 Å². The molecule has 0 radical (unpaired) electrons. The molecule has 0 saturated carbocycles. The highest BCUT2D eigenvalue weighted by molar-refractivity contribution is 9.10. The van der Waals surface area contributed by atoms with E-state index < -0.39 is 24.4 Å². The number of rotatable bonds is 7. The maximum atomic E-state index is 12.4. The highest BCUT2D eigenvalue weighted by atomic mass is 79.9. The molecule has 1 aliphatic heterocycles. The van der Waals surface area contributed by atoms with E-state index in [1.807, 2.05) is 26.8 Å². The van der Waals surface area contributed by atoms with Gasteiger partial charge in [0.25, 0.3) is 5.91 Å². The van der Waals surface area contributed by atoms with Crippen LogP contribution < -0.4 is 15.0 Å². The van der Waals surface area contributed by atoms with Gasteiger partial charge in [0.15, 0.2) is 6.61 Å². The van der Waals surface area contributed by atoms with Crippen LogP contribution in [0.1, 0.15) is 24.5 Å². The van der Waals surface area contributed by atoms with E-state index in [-0.39, 0.29) is 18.9 Å². The molecule has 1 saturated heterocycles. The molecule has 31 heavy (non-hydrogen) atoms. The maximum Gasteiger partial charge on any atom is 0.311 e. The van der Waals surface area contributed by atoms with Crippen molar-refractivity contribution in [1.82, 2.24) is 0 Å². The fraction of sp³-hybridized carbons (Fsp3) is 0.348. The first kappa shape index (κ1) is 22.8. The Labute approximate surface area is 189 Å². The summed E-state index contributed by atoms with van der Waals surface area (Å²) in [6.45, 7) is 6.13. The summed E-state index contributed by atoms with van der Waals surface area (Å²) < 4.78 is 11.5. The van der Waals surface area contributed by atoms with Crippen molar-refractivity contribution in [2.24, 2.45) is 5.92 Å². The van der Waals surface area contributed by atoms with E-state index in [1.54, 1.807) is 35.2 Å². The van der Waals surface area contributed by atoms with Gasteiger partial charge in [-0.15, -0.1) is 0 Å². The van der Waals surface area contributed by atoms with Gasteiger partial charge in [-0.25, -0.2) is 0 Å². The van der Waals surface area contributed by atoms with Crippen LogP contribution in [0.4, 0.5) is 11.4 Å². The van der Waals surface area contributed by atoms with E-state index in [2.05, 4.69) is 21.2 Å². The summed E-state index contributed by atoms with van der Waals surface area (Å²) in [4.78, 5) is 38.6. The Bertz CT molecular complexity index is 990. The quantitative estimate of drug-likeness (QED) is 0.595. The fourth-order valence-corrected chi connectivity index (χ4v) is 3.80. The number of halogens is 1. The van der Waals surface area contributed by atoms with Crippen LogP contribution in [-0.2, 0) is 19.1 Å². The maximum absolute atomic E-state index is 12.4. The molecule has 164 valence electrons. The van der Waals surface area contributed by atoms with Crippen molar-refractivity contribution >= 4 is 45.1 Å². The van der Waals surface area contributed by atoms with Crippen molar-refractivity contribution in [3.05, 3.63) is 52.0 Å². The highest BCUT2D eigenvalue weighted by Gasteiger charge is 2.36. The molecule has 2 amide bonds. The van der Waals surface area contributed by atoms with Crippen LogP contribution >= 0.6 is 15.9 Å². The van der Waals surface area contributed by atoms with E-state index in [0.717, 1.165) is 21.3 Å². The van der Waals surface area contributed by atoms with E-state index in [1.165, 1.54) is 0 Å². The van der Waals surface area contributed by atoms with Crippen molar-refractivity contribution in [2.75, 3.05) is 30.0 Å². The van der Waals surface area contributed by atoms with Crippen molar-refractivity contribution in [1.29, 1.82) is 0 Å². The smallest absolute Gasteiger partial charge is 0.311 e. The number of hydrogen-bond donors (Lipinski definition) is 1. The molecular formula is C23H25BrN2O5. The largest absolute Gasteiger partial charge is 0.494 e. The summed E-state index contributed by atoms with van der Waals surface area (Å²) >= 11 is 3.45. The lowest BCUT2D eigenvalue weighted by Crippen LogP contribution is -2.28. The van der Waals surface area contributed by atoms with Crippen LogP contribution in [-0.4, -0.2) is 37.5 Å². The lowest BCUT2D eigenvalue weighted by molar-refractivity contribution is -0.151. The van der Waals surface area contributed by atoms with Crippen LogP contribution in [0, 0.1) is 19.8 Å². The number of nitrogens with zero attached hydrogens (tertiary/aromatic N) is 1. The lowest BCUT2D eigenvalue weighted by atomic mass is 10.1. The number of amides is 2. The SMILES string of the molecule is CCOc1ccc(N2C[C@H](C(=O)OCC(=O)Nc3ccc(Br)c(C)c3C)CC2=O)cc1. The van der Waals surface area contributed by atoms with Gasteiger partial charge in [-0.1, -0.05) is 15.9 Å². The van der Waals surface area contributed by atoms with E-state index in [9.17, 15) is 14.4 Å². The van der Waals surface area contributed by atoms with Crippen LogP contribution in [0.5, 0.6) is 5.75 Å². The van der Waals surface area contributed by atoms with Crippen LogP contribution in [0.15, 0.2) is 40.9 Å². The predicted octanol–water partition coefficient (Wildman–Crippen LogP) is 4.00. The summed E-state index contributed by atoms with van der Waals surface area (Å²) in [6.07, 6.45) is 0.0542. The van der Waals surface area contributed by atoms with E-state index in [0.29, 0.717) is 18.0 Å². The Kier molecular flexibility index (Phi) is 7.33. The summed E-state index contributed by atoms with van der Waals surface area (Å²) in [6, 6.07) is 10.8. The van der Waals surface area contributed by atoms with Gasteiger partial charge < -0.3 is 19.7 Å². The summed E-state index contributed by atoms with van der Waals surface area (Å²) in [5.41, 5.74) is 3.32. The van der Waals surface area contributed by atoms with Crippen molar-refractivity contribution < 1.29 is 23.9 Å². The number of anilines is 2. The lowest BCUT2D eigenvalue weighted by Gasteiger charge is -2.17. The first-order valence-corrected chi connectivity index (χ1v) is 10.8. The molecule has 1 fully saturated rings. The minimum atomic E-state index is -0.608. The number of carbonyl (C=O) groups is 3. The third kappa shape index (κ3) is 5.44. The third-order valence-corrected chi connectivity index (χ3v) is 6.12. The van der Waals surface area contributed by atoms with Gasteiger partial charge in [-0.05, 0) is 68.3 Å². The molecule has 0 bridgehead atoms. The second kappa shape index (κ2) is 9.96. The molecule has 2 aromatic rings. The minimum Gasteiger partial charge on any atom is -0.494 e. The predicted molar refractivity (Wildman–Crippen MR) is 121 cm³/mol. The average Bonchev–Trinajstić information content (AvgIpc) is 3.15. The molecule has 0 unspecified atom stereocenters. The molecule has 1 heterocycles. The Balaban J connectivity index is 1.53. The van der Waals surface area contributed by atoms with E-state index >= 15 is 0 Å². The zero-order valence-corrected chi connectivity index (χ0v) is 19.3. The van der Waals surface area contributed by atoms with Crippen molar-refractivity contribution in [3.8, 4) is 5.75 Å². The normalized spacial score (nSPS) is 15.7. The molecule has 7 nitrogen and oxygen atoms in total. The molecule has 2 aromatic carbocycles. The van der Waals surface area contributed by atoms with Gasteiger partial charge in [-0.3, -0.25) is 14.4 Å². The topological polar surface area (TPSA) is 84.9 Å². The zero-order valence-electron chi connectivity index (χ0n) is 17.7. The highest BCUT2D eigenvalue weighted by Crippen LogP contribution is 2.28. The van der Waals surface area contributed by atoms with E-state index in [4.69, 9.17) is 9.47 Å². The van der Waals surface area contributed by atoms with Crippen molar-refractivity contribution in [3.63, 3.8) is 0 Å². The summed E-state index contributed by atoms with van der Waals surface area (Å²) in [5, 5.41) is 2.76. The molecule has 1 atom stereocenters. The number of carbonyl (C=O) groups excluding carboxylic acids is 3. The second-order valence-corrected chi connectivity index (χ2v) is 8.19. The summed E-state index contributed by atoms with van der Waals surface area (Å²) in [7, 11) is 0. The number of ether oxygens (including phenoxy) is 2. The van der Waals surface area contributed by atoms with Gasteiger partial charge in [0, 0.05) is 28.8 Å². The molecule has 1 aliphatic rings. The number of benzene rings is 2. The number of esters is 1. The first-order chi connectivity index (χ1) is 14.8. The van der Waals surface area contributed by atoms with Gasteiger partial charge in [0.1, 0.15) is 5.75 Å². The minimum absolute atomic E-state index is 0.0542. The van der Waals surface area contributed by atoms with Gasteiger partial charge in [0.05, 0.1) is 12.5 Å². The molecule has 1 N–H and O–H groups in total. The molecule has 0 aromatic heterocycles. The Morgan fingerprint density at radius 3 is 2.52 bits per heavy atom. The van der Waals surface area contributed by atoms with Gasteiger partial charge in [0.2, 0.25) is 5.91 Å². The zero-order chi connectivity index (χ0) is 22.5. The third-order valence-electron chi connectivity index (χ3n) is 5.26. The molecule has 3 rings (SSSR count). The molecule has 8 heteroatoms. The molecule has 0 aliphatic carbocycles. The van der Waals surface area contributed by atoms with Crippen LogP contribution in [0.3, 0.4) is 0 Å². The fourth-order valence-electron chi connectivity index (χ4n) is 3.37.